The van der Waals surface area contributed by atoms with Crippen molar-refractivity contribution in [2.24, 2.45) is 5.92 Å². The molecule has 13 heteroatoms. The first-order chi connectivity index (χ1) is 20.6. The molecule has 0 aliphatic carbocycles. The number of carbonyl (C=O) groups excluding carboxylic acids is 5. The molecule has 1 aromatic heterocycles. The van der Waals surface area contributed by atoms with Gasteiger partial charge in [-0.05, 0) is 37.7 Å². The second-order valence-corrected chi connectivity index (χ2v) is 11.2. The predicted octanol–water partition coefficient (Wildman–Crippen LogP) is 0.560. The number of aryl methyl sites for hydroxylation is 1. The van der Waals surface area contributed by atoms with Gasteiger partial charge >= 0.3 is 0 Å². The van der Waals surface area contributed by atoms with Gasteiger partial charge in [0.2, 0.25) is 29.5 Å². The molecule has 234 valence electrons. The quantitative estimate of drug-likeness (QED) is 0.362. The molecule has 0 radical (unpaired) electrons. The molecular formula is C30H44N8O5. The molecule has 5 amide bonds. The summed E-state index contributed by atoms with van der Waals surface area (Å²) in [4.78, 5) is 70.9. The van der Waals surface area contributed by atoms with E-state index in [4.69, 9.17) is 0 Å². The van der Waals surface area contributed by atoms with Gasteiger partial charge in [0.15, 0.2) is 0 Å². The van der Waals surface area contributed by atoms with Crippen molar-refractivity contribution < 1.29 is 24.0 Å². The van der Waals surface area contributed by atoms with Crippen LogP contribution >= 0.6 is 0 Å². The van der Waals surface area contributed by atoms with E-state index in [9.17, 15) is 24.0 Å². The fraction of sp³-hybridized carbons (Fsp3) is 0.567. The topological polar surface area (TPSA) is 167 Å². The highest BCUT2D eigenvalue weighted by Crippen LogP contribution is 2.08. The van der Waals surface area contributed by atoms with Crippen molar-refractivity contribution in [1.82, 2.24) is 40.9 Å². The summed E-state index contributed by atoms with van der Waals surface area (Å²) < 4.78 is 1.67. The van der Waals surface area contributed by atoms with Crippen LogP contribution in [0.1, 0.15) is 58.4 Å². The van der Waals surface area contributed by atoms with Gasteiger partial charge < -0.3 is 26.2 Å². The first-order valence-corrected chi connectivity index (χ1v) is 15.0. The van der Waals surface area contributed by atoms with Gasteiger partial charge in [0.1, 0.15) is 30.8 Å². The van der Waals surface area contributed by atoms with Crippen molar-refractivity contribution >= 4 is 29.5 Å². The molecule has 0 bridgehead atoms. The summed E-state index contributed by atoms with van der Waals surface area (Å²) in [6.07, 6.45) is 5.20. The van der Waals surface area contributed by atoms with E-state index in [2.05, 4.69) is 31.3 Å². The van der Waals surface area contributed by atoms with Crippen LogP contribution in [0.5, 0.6) is 0 Å². The number of nitrogens with zero attached hydrogens (tertiary/aromatic N) is 4. The van der Waals surface area contributed by atoms with Crippen LogP contribution in [0.4, 0.5) is 0 Å². The second kappa shape index (κ2) is 17.0. The van der Waals surface area contributed by atoms with Crippen LogP contribution in [0.2, 0.25) is 0 Å². The smallest absolute Gasteiger partial charge is 0.243 e. The summed E-state index contributed by atoms with van der Waals surface area (Å²) in [5, 5.41) is 15.2. The van der Waals surface area contributed by atoms with Crippen LogP contribution < -0.4 is 21.3 Å². The van der Waals surface area contributed by atoms with Crippen LogP contribution in [-0.4, -0.2) is 87.0 Å². The molecule has 1 aliphatic rings. The van der Waals surface area contributed by atoms with Gasteiger partial charge in [-0.2, -0.15) is 5.10 Å². The van der Waals surface area contributed by atoms with Gasteiger partial charge in [-0.25, -0.2) is 4.98 Å². The van der Waals surface area contributed by atoms with E-state index in [-0.39, 0.29) is 36.5 Å². The van der Waals surface area contributed by atoms with E-state index in [1.54, 1.807) is 22.8 Å². The van der Waals surface area contributed by atoms with Crippen molar-refractivity contribution in [3.63, 3.8) is 0 Å². The Balaban J connectivity index is 1.73. The zero-order chi connectivity index (χ0) is 31.2. The van der Waals surface area contributed by atoms with Crippen molar-refractivity contribution in [3.8, 4) is 0 Å². The summed E-state index contributed by atoms with van der Waals surface area (Å²) >= 11 is 0. The standard InChI is InChI=1S/C30H44N8O5/c1-21(2)27-30(43)32-14-9-16-37(26(40)13-8-17-38-20-31-19-33-38)15-7-12-25(39)35-24(18-23-10-5-4-6-11-23)29(42)34-22(3)28(41)36-27/h4-6,10-11,19-22,24,27H,7-9,12-18H2,1-3H3,(H,32,43)(H,34,42)(H,35,39)(H,36,41)/t22-,24+,27-/m1/s1. The van der Waals surface area contributed by atoms with Crippen LogP contribution in [0.25, 0.3) is 0 Å². The molecule has 1 fully saturated rings. The zero-order valence-corrected chi connectivity index (χ0v) is 25.3. The maximum atomic E-state index is 13.3. The number of carbonyl (C=O) groups is 5. The summed E-state index contributed by atoms with van der Waals surface area (Å²) in [5.41, 5.74) is 0.849. The minimum absolute atomic E-state index is 0.0520. The lowest BCUT2D eigenvalue weighted by molar-refractivity contribution is -0.134. The van der Waals surface area contributed by atoms with Crippen LogP contribution in [-0.2, 0) is 36.9 Å². The Morgan fingerprint density at radius 3 is 2.42 bits per heavy atom. The Hall–Kier alpha value is -4.29. The first-order valence-electron chi connectivity index (χ1n) is 15.0. The third kappa shape index (κ3) is 11.1. The lowest BCUT2D eigenvalue weighted by Gasteiger charge is -2.26. The van der Waals surface area contributed by atoms with Gasteiger partial charge in [0.25, 0.3) is 0 Å². The Bertz CT molecular complexity index is 1200. The maximum Gasteiger partial charge on any atom is 0.243 e. The summed E-state index contributed by atoms with van der Waals surface area (Å²) in [5.74, 6) is -1.91. The highest BCUT2D eigenvalue weighted by molar-refractivity contribution is 5.94. The van der Waals surface area contributed by atoms with Crippen molar-refractivity contribution in [2.75, 3.05) is 19.6 Å². The van der Waals surface area contributed by atoms with E-state index < -0.39 is 29.9 Å². The van der Waals surface area contributed by atoms with E-state index >= 15 is 0 Å². The molecule has 0 saturated carbocycles. The second-order valence-electron chi connectivity index (χ2n) is 11.2. The monoisotopic (exact) mass is 596 g/mol. The number of hydrogen-bond donors (Lipinski definition) is 4. The van der Waals surface area contributed by atoms with Crippen LogP contribution in [0.3, 0.4) is 0 Å². The molecule has 0 unspecified atom stereocenters. The molecule has 1 aromatic carbocycles. The number of nitrogens with one attached hydrogen (secondary N) is 4. The van der Waals surface area contributed by atoms with Gasteiger partial charge in [0.05, 0.1) is 0 Å². The Labute approximate surface area is 252 Å². The van der Waals surface area contributed by atoms with Crippen molar-refractivity contribution in [2.45, 2.75) is 84.0 Å². The molecule has 1 aliphatic heterocycles. The fourth-order valence-corrected chi connectivity index (χ4v) is 4.80. The third-order valence-electron chi connectivity index (χ3n) is 7.27. The number of hydrogen-bond acceptors (Lipinski definition) is 7. The van der Waals surface area contributed by atoms with E-state index in [1.165, 1.54) is 6.33 Å². The van der Waals surface area contributed by atoms with Gasteiger partial charge in [0, 0.05) is 45.4 Å². The lowest BCUT2D eigenvalue weighted by Crippen LogP contribution is -2.57. The Kier molecular flexibility index (Phi) is 13.1. The average molecular weight is 597 g/mol. The molecule has 1 saturated heterocycles. The SMILES string of the molecule is CC(C)[C@H]1NC(=O)[C@@H](C)NC(=O)[C@H](Cc2ccccc2)NC(=O)CCCN(C(=O)CCCn2cncn2)CCCNC1=O. The van der Waals surface area contributed by atoms with E-state index in [0.717, 1.165) is 5.56 Å². The normalized spacial score (nSPS) is 21.7. The van der Waals surface area contributed by atoms with E-state index in [1.807, 2.05) is 44.2 Å². The van der Waals surface area contributed by atoms with Gasteiger partial charge in [-0.1, -0.05) is 44.2 Å². The minimum Gasteiger partial charge on any atom is -0.354 e. The van der Waals surface area contributed by atoms with Crippen LogP contribution in [0, 0.1) is 5.92 Å². The lowest BCUT2D eigenvalue weighted by atomic mass is 10.0. The van der Waals surface area contributed by atoms with Crippen molar-refractivity contribution in [1.29, 1.82) is 0 Å². The summed E-state index contributed by atoms with van der Waals surface area (Å²) in [6.45, 7) is 6.83. The fourth-order valence-electron chi connectivity index (χ4n) is 4.80. The molecule has 4 N–H and O–H groups in total. The number of aromatic nitrogens is 3. The molecule has 43 heavy (non-hydrogen) atoms. The molecule has 0 spiro atoms. The number of benzene rings is 1. The highest BCUT2D eigenvalue weighted by atomic mass is 16.2. The maximum absolute atomic E-state index is 13.3. The number of rotatable bonds is 7. The molecule has 3 atom stereocenters. The largest absolute Gasteiger partial charge is 0.354 e. The minimum atomic E-state index is -0.931. The first kappa shape index (κ1) is 33.2. The van der Waals surface area contributed by atoms with Gasteiger partial charge in [-0.3, -0.25) is 28.7 Å². The third-order valence-corrected chi connectivity index (χ3v) is 7.27. The summed E-state index contributed by atoms with van der Waals surface area (Å²) in [7, 11) is 0. The Morgan fingerprint density at radius 1 is 0.977 bits per heavy atom. The van der Waals surface area contributed by atoms with E-state index in [0.29, 0.717) is 51.9 Å². The highest BCUT2D eigenvalue weighted by Gasteiger charge is 2.29. The molecule has 2 aromatic rings. The number of amides is 5. The van der Waals surface area contributed by atoms with Crippen LogP contribution in [0.15, 0.2) is 43.0 Å². The molecule has 3 rings (SSSR count). The molecular weight excluding hydrogens is 552 g/mol. The summed E-state index contributed by atoms with van der Waals surface area (Å²) in [6, 6.07) is 6.63. The average Bonchev–Trinajstić information content (AvgIpc) is 3.49. The molecule has 2 heterocycles. The predicted molar refractivity (Wildman–Crippen MR) is 159 cm³/mol. The van der Waals surface area contributed by atoms with Gasteiger partial charge in [-0.15, -0.1) is 0 Å². The Morgan fingerprint density at radius 2 is 1.72 bits per heavy atom. The van der Waals surface area contributed by atoms with Crippen molar-refractivity contribution in [3.05, 3.63) is 48.5 Å². The molecule has 13 nitrogen and oxygen atoms in total. The zero-order valence-electron chi connectivity index (χ0n) is 25.3.